The quantitative estimate of drug-likeness (QED) is 0.853. The van der Waals surface area contributed by atoms with Gasteiger partial charge in [-0.25, -0.2) is 4.98 Å². The molecular formula is C14H22N4O2. The van der Waals surface area contributed by atoms with Crippen molar-refractivity contribution in [2.75, 3.05) is 44.1 Å². The Morgan fingerprint density at radius 2 is 2.20 bits per heavy atom. The van der Waals surface area contributed by atoms with Crippen molar-refractivity contribution in [3.05, 3.63) is 18.3 Å². The molecule has 6 heteroatoms. The predicted octanol–water partition coefficient (Wildman–Crippen LogP) is 0.842. The number of anilines is 2. The lowest BCUT2D eigenvalue weighted by molar-refractivity contribution is -0.130. The molecule has 2 heterocycles. The molecule has 0 radical (unpaired) electrons. The third kappa shape index (κ3) is 2.91. The Morgan fingerprint density at radius 1 is 1.50 bits per heavy atom. The van der Waals surface area contributed by atoms with Gasteiger partial charge in [0.1, 0.15) is 0 Å². The monoisotopic (exact) mass is 278 g/mol. The topological polar surface area (TPSA) is 80.5 Å². The Kier molecular flexibility index (Phi) is 4.57. The number of nitrogens with zero attached hydrogens (tertiary/aromatic N) is 2. The van der Waals surface area contributed by atoms with Crippen LogP contribution in [0.25, 0.3) is 0 Å². The molecule has 20 heavy (non-hydrogen) atoms. The number of pyridine rings is 1. The molecule has 1 saturated heterocycles. The van der Waals surface area contributed by atoms with E-state index in [4.69, 9.17) is 10.5 Å². The number of ether oxygens (including phenoxy) is 1. The summed E-state index contributed by atoms with van der Waals surface area (Å²) in [6.07, 6.45) is 3.03. The van der Waals surface area contributed by atoms with Crippen LogP contribution in [0.3, 0.4) is 0 Å². The van der Waals surface area contributed by atoms with Gasteiger partial charge in [-0.15, -0.1) is 0 Å². The van der Waals surface area contributed by atoms with E-state index in [2.05, 4.69) is 10.3 Å². The fourth-order valence-electron chi connectivity index (χ4n) is 2.39. The third-order valence-corrected chi connectivity index (χ3v) is 3.78. The van der Waals surface area contributed by atoms with Gasteiger partial charge >= 0.3 is 0 Å². The van der Waals surface area contributed by atoms with E-state index in [0.717, 1.165) is 5.82 Å². The molecule has 110 valence electrons. The van der Waals surface area contributed by atoms with Crippen molar-refractivity contribution in [1.29, 1.82) is 0 Å². The molecule has 1 amide bonds. The number of aromatic nitrogens is 1. The lowest BCUT2D eigenvalue weighted by Gasteiger charge is -2.34. The Morgan fingerprint density at radius 3 is 2.80 bits per heavy atom. The van der Waals surface area contributed by atoms with Gasteiger partial charge in [-0.2, -0.15) is 0 Å². The maximum atomic E-state index is 12.6. The van der Waals surface area contributed by atoms with Crippen LogP contribution in [0.5, 0.6) is 0 Å². The molecule has 2 rings (SSSR count). The number of hydrogen-bond acceptors (Lipinski definition) is 5. The summed E-state index contributed by atoms with van der Waals surface area (Å²) in [4.78, 5) is 18.8. The normalized spacial score (nSPS) is 17.6. The number of hydrogen-bond donors (Lipinski definition) is 2. The van der Waals surface area contributed by atoms with Crippen molar-refractivity contribution >= 4 is 17.4 Å². The Bertz CT molecular complexity index is 470. The first-order chi connectivity index (χ1) is 9.59. The molecule has 1 aliphatic rings. The van der Waals surface area contributed by atoms with Gasteiger partial charge in [-0.3, -0.25) is 4.79 Å². The Hall–Kier alpha value is -1.66. The van der Waals surface area contributed by atoms with Crippen LogP contribution in [0.1, 0.15) is 12.8 Å². The molecule has 1 fully saturated rings. The summed E-state index contributed by atoms with van der Waals surface area (Å²) in [5, 5.41) is 2.97. The predicted molar refractivity (Wildman–Crippen MR) is 78.7 cm³/mol. The molecule has 1 aliphatic heterocycles. The minimum Gasteiger partial charge on any atom is -0.381 e. The molecule has 3 N–H and O–H groups in total. The molecule has 0 aromatic carbocycles. The van der Waals surface area contributed by atoms with Gasteiger partial charge in [0.15, 0.2) is 5.82 Å². The van der Waals surface area contributed by atoms with Crippen molar-refractivity contribution < 1.29 is 9.53 Å². The number of amides is 1. The zero-order valence-electron chi connectivity index (χ0n) is 12.1. The van der Waals surface area contributed by atoms with E-state index in [0.29, 0.717) is 38.3 Å². The van der Waals surface area contributed by atoms with E-state index in [1.54, 1.807) is 6.20 Å². The molecule has 0 saturated carbocycles. The average Bonchev–Trinajstić information content (AvgIpc) is 2.48. The molecule has 0 bridgehead atoms. The fourth-order valence-corrected chi connectivity index (χ4v) is 2.39. The minimum absolute atomic E-state index is 0.0422. The largest absolute Gasteiger partial charge is 0.381 e. The highest BCUT2D eigenvalue weighted by molar-refractivity contribution is 5.97. The van der Waals surface area contributed by atoms with Crippen molar-refractivity contribution in [2.45, 2.75) is 12.8 Å². The van der Waals surface area contributed by atoms with E-state index in [9.17, 15) is 4.79 Å². The minimum atomic E-state index is -0.530. The average molecular weight is 278 g/mol. The van der Waals surface area contributed by atoms with Crippen LogP contribution in [0.2, 0.25) is 0 Å². The fraction of sp³-hybridized carbons (Fsp3) is 0.571. The highest BCUT2D eigenvalue weighted by Gasteiger charge is 2.39. The zero-order chi connectivity index (χ0) is 14.6. The number of rotatable bonds is 4. The Balaban J connectivity index is 2.18. The van der Waals surface area contributed by atoms with Gasteiger partial charge in [0.25, 0.3) is 0 Å². The summed E-state index contributed by atoms with van der Waals surface area (Å²) >= 11 is 0. The van der Waals surface area contributed by atoms with Crippen LogP contribution >= 0.6 is 0 Å². The van der Waals surface area contributed by atoms with Crippen LogP contribution in [-0.4, -0.2) is 44.7 Å². The summed E-state index contributed by atoms with van der Waals surface area (Å²) < 4.78 is 5.33. The van der Waals surface area contributed by atoms with Crippen LogP contribution < -0.4 is 16.0 Å². The lowest BCUT2D eigenvalue weighted by Crippen LogP contribution is -2.46. The summed E-state index contributed by atoms with van der Waals surface area (Å²) in [7, 11) is 3.79. The molecule has 0 spiro atoms. The second-order valence-electron chi connectivity index (χ2n) is 5.32. The van der Waals surface area contributed by atoms with Crippen LogP contribution in [0.4, 0.5) is 11.5 Å². The first-order valence-electron chi connectivity index (χ1n) is 6.81. The molecule has 0 atom stereocenters. The van der Waals surface area contributed by atoms with Crippen LogP contribution in [0, 0.1) is 5.41 Å². The van der Waals surface area contributed by atoms with E-state index in [-0.39, 0.29) is 5.91 Å². The second kappa shape index (κ2) is 6.19. The molecular weight excluding hydrogens is 256 g/mol. The third-order valence-electron chi connectivity index (χ3n) is 3.78. The number of nitrogens with one attached hydrogen (secondary N) is 1. The van der Waals surface area contributed by atoms with E-state index < -0.39 is 5.41 Å². The maximum absolute atomic E-state index is 12.6. The van der Waals surface area contributed by atoms with Gasteiger partial charge in [0.05, 0.1) is 11.1 Å². The smallest absolute Gasteiger partial charge is 0.232 e. The van der Waals surface area contributed by atoms with Gasteiger partial charge in [0, 0.05) is 40.1 Å². The van der Waals surface area contributed by atoms with E-state index in [1.165, 1.54) is 0 Å². The number of nitrogens with two attached hydrogens (primary N) is 1. The molecule has 1 aromatic heterocycles. The molecule has 6 nitrogen and oxygen atoms in total. The highest BCUT2D eigenvalue weighted by Crippen LogP contribution is 2.32. The number of carbonyl (C=O) groups is 1. The molecule has 0 aliphatic carbocycles. The first kappa shape index (κ1) is 14.7. The van der Waals surface area contributed by atoms with Crippen LogP contribution in [0.15, 0.2) is 18.3 Å². The van der Waals surface area contributed by atoms with E-state index in [1.807, 2.05) is 31.1 Å². The van der Waals surface area contributed by atoms with Crippen molar-refractivity contribution in [3.63, 3.8) is 0 Å². The Labute approximate surface area is 119 Å². The molecule has 1 aromatic rings. The van der Waals surface area contributed by atoms with Crippen molar-refractivity contribution in [2.24, 2.45) is 11.1 Å². The number of carbonyl (C=O) groups excluding carboxylic acids is 1. The first-order valence-corrected chi connectivity index (χ1v) is 6.81. The van der Waals surface area contributed by atoms with Crippen molar-refractivity contribution in [1.82, 2.24) is 4.98 Å². The standard InChI is InChI=1S/C14H22N4O2/c1-18(2)12-11(4-3-7-16-12)17-13(19)14(10-15)5-8-20-9-6-14/h3-4,7H,5-6,8-10,15H2,1-2H3,(H,17,19). The maximum Gasteiger partial charge on any atom is 0.232 e. The van der Waals surface area contributed by atoms with Gasteiger partial charge in [-0.05, 0) is 25.0 Å². The van der Waals surface area contributed by atoms with Crippen LogP contribution in [-0.2, 0) is 9.53 Å². The SMILES string of the molecule is CN(C)c1ncccc1NC(=O)C1(CN)CCOCC1. The highest BCUT2D eigenvalue weighted by atomic mass is 16.5. The second-order valence-corrected chi connectivity index (χ2v) is 5.32. The lowest BCUT2D eigenvalue weighted by atomic mass is 9.79. The van der Waals surface area contributed by atoms with Gasteiger partial charge in [-0.1, -0.05) is 0 Å². The summed E-state index contributed by atoms with van der Waals surface area (Å²) in [5.74, 6) is 0.694. The van der Waals surface area contributed by atoms with Gasteiger partial charge < -0.3 is 20.7 Å². The summed E-state index contributed by atoms with van der Waals surface area (Å²) in [6, 6.07) is 3.66. The van der Waals surface area contributed by atoms with Crippen molar-refractivity contribution in [3.8, 4) is 0 Å². The van der Waals surface area contributed by atoms with E-state index >= 15 is 0 Å². The summed E-state index contributed by atoms with van der Waals surface area (Å²) in [5.41, 5.74) is 6.03. The molecule has 0 unspecified atom stereocenters. The zero-order valence-corrected chi connectivity index (χ0v) is 12.1. The summed E-state index contributed by atoms with van der Waals surface area (Å²) in [6.45, 7) is 1.50. The van der Waals surface area contributed by atoms with Gasteiger partial charge in [0.2, 0.25) is 5.91 Å².